The molecule has 1 rings (SSSR count). The van der Waals surface area contributed by atoms with E-state index in [1.54, 1.807) is 0 Å². The molecule has 0 saturated heterocycles. The van der Waals surface area contributed by atoms with Crippen molar-refractivity contribution in [1.82, 2.24) is 0 Å². The summed E-state index contributed by atoms with van der Waals surface area (Å²) >= 11 is 0. The van der Waals surface area contributed by atoms with Crippen LogP contribution in [0.2, 0.25) is 0 Å². The summed E-state index contributed by atoms with van der Waals surface area (Å²) in [4.78, 5) is 0. The van der Waals surface area contributed by atoms with E-state index in [2.05, 4.69) is 26.0 Å². The summed E-state index contributed by atoms with van der Waals surface area (Å²) in [6, 6.07) is 10.1. The molecule has 2 heteroatoms. The van der Waals surface area contributed by atoms with E-state index in [0.717, 1.165) is 18.4 Å². The van der Waals surface area contributed by atoms with Crippen LogP contribution in [0.5, 0.6) is 0 Å². The normalized spacial score (nSPS) is 15.1. The van der Waals surface area contributed by atoms with Crippen molar-refractivity contribution in [2.45, 2.75) is 32.1 Å². The van der Waals surface area contributed by atoms with Gasteiger partial charge in [-0.15, -0.1) is 0 Å². The lowest BCUT2D eigenvalue weighted by Gasteiger charge is -2.31. The van der Waals surface area contributed by atoms with Crippen LogP contribution < -0.4 is 5.73 Å². The molecule has 0 heterocycles. The summed E-state index contributed by atoms with van der Waals surface area (Å²) in [6.07, 6.45) is 2.04. The largest absolute Gasteiger partial charge is 0.395 e. The van der Waals surface area contributed by atoms with E-state index in [9.17, 15) is 5.11 Å². The maximum absolute atomic E-state index is 9.66. The second-order valence-electron chi connectivity index (χ2n) is 4.94. The quantitative estimate of drug-likeness (QED) is 0.774. The predicted octanol–water partition coefficient (Wildman–Crippen LogP) is 2.31. The van der Waals surface area contributed by atoms with Gasteiger partial charge in [0.05, 0.1) is 6.61 Å². The van der Waals surface area contributed by atoms with Gasteiger partial charge in [-0.3, -0.25) is 0 Å². The molecule has 1 aromatic rings. The monoisotopic (exact) mass is 221 g/mol. The Morgan fingerprint density at radius 1 is 1.25 bits per heavy atom. The van der Waals surface area contributed by atoms with Gasteiger partial charge >= 0.3 is 0 Å². The minimum Gasteiger partial charge on any atom is -0.395 e. The maximum atomic E-state index is 9.66. The smallest absolute Gasteiger partial charge is 0.0540 e. The SMILES string of the molecule is CC(C)CCC(CN)(CO)c1ccccc1. The molecule has 0 aliphatic rings. The highest BCUT2D eigenvalue weighted by Crippen LogP contribution is 2.29. The lowest BCUT2D eigenvalue weighted by molar-refractivity contribution is 0.181. The first-order chi connectivity index (χ1) is 7.64. The Labute approximate surface area is 98.5 Å². The van der Waals surface area contributed by atoms with Crippen LogP contribution in [0.1, 0.15) is 32.3 Å². The zero-order valence-corrected chi connectivity index (χ0v) is 10.3. The van der Waals surface area contributed by atoms with Gasteiger partial charge in [-0.25, -0.2) is 0 Å². The van der Waals surface area contributed by atoms with Crippen molar-refractivity contribution in [1.29, 1.82) is 0 Å². The van der Waals surface area contributed by atoms with Gasteiger partial charge in [0.2, 0.25) is 0 Å². The molecule has 0 amide bonds. The van der Waals surface area contributed by atoms with Crippen molar-refractivity contribution in [3.63, 3.8) is 0 Å². The summed E-state index contributed by atoms with van der Waals surface area (Å²) in [5.74, 6) is 0.640. The molecule has 0 radical (unpaired) electrons. The molecule has 90 valence electrons. The van der Waals surface area contributed by atoms with E-state index in [-0.39, 0.29) is 12.0 Å². The Morgan fingerprint density at radius 3 is 2.31 bits per heavy atom. The number of nitrogens with two attached hydrogens (primary N) is 1. The third kappa shape index (κ3) is 3.06. The fourth-order valence-corrected chi connectivity index (χ4v) is 1.96. The van der Waals surface area contributed by atoms with Crippen LogP contribution in [0.25, 0.3) is 0 Å². The molecule has 0 bridgehead atoms. The highest BCUT2D eigenvalue weighted by molar-refractivity contribution is 5.26. The van der Waals surface area contributed by atoms with E-state index in [4.69, 9.17) is 5.73 Å². The molecule has 0 aliphatic carbocycles. The van der Waals surface area contributed by atoms with Gasteiger partial charge in [0.1, 0.15) is 0 Å². The number of aliphatic hydroxyl groups excluding tert-OH is 1. The minimum atomic E-state index is -0.258. The first-order valence-electron chi connectivity index (χ1n) is 6.01. The Kier molecular flexibility index (Phi) is 4.97. The number of hydrogen-bond donors (Lipinski definition) is 2. The van der Waals surface area contributed by atoms with Crippen LogP contribution >= 0.6 is 0 Å². The molecule has 3 N–H and O–H groups in total. The van der Waals surface area contributed by atoms with Crippen LogP contribution in [-0.2, 0) is 5.41 Å². The van der Waals surface area contributed by atoms with Crippen LogP contribution in [0.15, 0.2) is 30.3 Å². The minimum absolute atomic E-state index is 0.125. The highest BCUT2D eigenvalue weighted by Gasteiger charge is 2.29. The number of aliphatic hydroxyl groups is 1. The summed E-state index contributed by atoms with van der Waals surface area (Å²) < 4.78 is 0. The van der Waals surface area contributed by atoms with Crippen molar-refractivity contribution >= 4 is 0 Å². The Hall–Kier alpha value is -0.860. The van der Waals surface area contributed by atoms with Crippen LogP contribution in [0.4, 0.5) is 0 Å². The van der Waals surface area contributed by atoms with E-state index in [0.29, 0.717) is 12.5 Å². The first kappa shape index (κ1) is 13.2. The number of rotatable bonds is 6. The predicted molar refractivity (Wildman–Crippen MR) is 68.3 cm³/mol. The molecule has 1 aromatic carbocycles. The molecule has 0 fully saturated rings. The van der Waals surface area contributed by atoms with Crippen molar-refractivity contribution in [3.05, 3.63) is 35.9 Å². The topological polar surface area (TPSA) is 46.2 Å². The molecular formula is C14H23NO. The lowest BCUT2D eigenvalue weighted by Crippen LogP contribution is -2.39. The van der Waals surface area contributed by atoms with Gasteiger partial charge in [0.25, 0.3) is 0 Å². The molecule has 0 saturated carbocycles. The first-order valence-corrected chi connectivity index (χ1v) is 6.01. The fourth-order valence-electron chi connectivity index (χ4n) is 1.96. The maximum Gasteiger partial charge on any atom is 0.0540 e. The molecular weight excluding hydrogens is 198 g/mol. The van der Waals surface area contributed by atoms with Gasteiger partial charge in [-0.05, 0) is 24.3 Å². The van der Waals surface area contributed by atoms with Crippen molar-refractivity contribution < 1.29 is 5.11 Å². The highest BCUT2D eigenvalue weighted by atomic mass is 16.3. The molecule has 0 aromatic heterocycles. The van der Waals surface area contributed by atoms with Gasteiger partial charge in [0.15, 0.2) is 0 Å². The van der Waals surface area contributed by atoms with Crippen LogP contribution in [-0.4, -0.2) is 18.3 Å². The van der Waals surface area contributed by atoms with Crippen molar-refractivity contribution in [2.24, 2.45) is 11.7 Å². The summed E-state index contributed by atoms with van der Waals surface area (Å²) in [7, 11) is 0. The van der Waals surface area contributed by atoms with Gasteiger partial charge in [-0.1, -0.05) is 44.2 Å². The fraction of sp³-hybridized carbons (Fsp3) is 0.571. The molecule has 2 nitrogen and oxygen atoms in total. The average Bonchev–Trinajstić information content (AvgIpc) is 2.32. The van der Waals surface area contributed by atoms with Crippen LogP contribution in [0.3, 0.4) is 0 Å². The van der Waals surface area contributed by atoms with Crippen LogP contribution in [0, 0.1) is 5.92 Å². The van der Waals surface area contributed by atoms with E-state index >= 15 is 0 Å². The third-order valence-corrected chi connectivity index (χ3v) is 3.28. The number of hydrogen-bond acceptors (Lipinski definition) is 2. The molecule has 1 unspecified atom stereocenters. The second kappa shape index (κ2) is 6.02. The molecule has 0 aliphatic heterocycles. The van der Waals surface area contributed by atoms with Gasteiger partial charge in [-0.2, -0.15) is 0 Å². The van der Waals surface area contributed by atoms with E-state index < -0.39 is 0 Å². The zero-order valence-electron chi connectivity index (χ0n) is 10.3. The Morgan fingerprint density at radius 2 is 1.88 bits per heavy atom. The summed E-state index contributed by atoms with van der Waals surface area (Å²) in [5.41, 5.74) is 6.77. The Bertz CT molecular complexity index is 291. The van der Waals surface area contributed by atoms with Crippen molar-refractivity contribution in [2.75, 3.05) is 13.2 Å². The van der Waals surface area contributed by atoms with E-state index in [1.165, 1.54) is 0 Å². The summed E-state index contributed by atoms with van der Waals surface area (Å²) in [6.45, 7) is 5.02. The third-order valence-electron chi connectivity index (χ3n) is 3.28. The Balaban J connectivity index is 2.87. The zero-order chi connectivity index (χ0) is 12.0. The average molecular weight is 221 g/mol. The lowest BCUT2D eigenvalue weighted by atomic mass is 9.76. The molecule has 16 heavy (non-hydrogen) atoms. The summed E-state index contributed by atoms with van der Waals surface area (Å²) in [5, 5.41) is 9.66. The second-order valence-corrected chi connectivity index (χ2v) is 4.94. The van der Waals surface area contributed by atoms with E-state index in [1.807, 2.05) is 18.2 Å². The van der Waals surface area contributed by atoms with Crippen molar-refractivity contribution in [3.8, 4) is 0 Å². The molecule has 0 spiro atoms. The molecule has 1 atom stereocenters. The van der Waals surface area contributed by atoms with Gasteiger partial charge in [0, 0.05) is 12.0 Å². The standard InChI is InChI=1S/C14H23NO/c1-12(2)8-9-14(10-15,11-16)13-6-4-3-5-7-13/h3-7,12,16H,8-11,15H2,1-2H3. The van der Waals surface area contributed by atoms with Gasteiger partial charge < -0.3 is 10.8 Å². The number of benzene rings is 1.